The molecule has 0 saturated carbocycles. The van der Waals surface area contributed by atoms with Gasteiger partial charge in [0.2, 0.25) is 5.91 Å². The Kier molecular flexibility index (Phi) is 4.73. The minimum Gasteiger partial charge on any atom is -0.338 e. The van der Waals surface area contributed by atoms with Crippen LogP contribution < -0.4 is 0 Å². The molecule has 8 heteroatoms. The first-order valence-electron chi connectivity index (χ1n) is 8.76. The van der Waals surface area contributed by atoms with Gasteiger partial charge in [-0.1, -0.05) is 28.1 Å². The van der Waals surface area contributed by atoms with Crippen molar-refractivity contribution in [2.45, 2.75) is 18.9 Å². The predicted molar refractivity (Wildman–Crippen MR) is 104 cm³/mol. The number of carbonyl (C=O) groups excluding carboxylic acids is 3. The summed E-state index contributed by atoms with van der Waals surface area (Å²) in [7, 11) is 0. The molecule has 1 unspecified atom stereocenters. The number of nitrogens with zero attached hydrogens (tertiary/aromatic N) is 4. The Labute approximate surface area is 164 Å². The minimum atomic E-state index is -0.589. The number of carbonyl (C=O) groups is 3. The highest BCUT2D eigenvalue weighted by molar-refractivity contribution is 9.10. The van der Waals surface area contributed by atoms with Crippen molar-refractivity contribution < 1.29 is 14.4 Å². The molecule has 138 valence electrons. The molecule has 27 heavy (non-hydrogen) atoms. The van der Waals surface area contributed by atoms with Gasteiger partial charge in [-0.25, -0.2) is 9.79 Å². The van der Waals surface area contributed by atoms with Crippen LogP contribution in [0.15, 0.2) is 50.9 Å². The number of hydrogen-bond donors (Lipinski definition) is 0. The average Bonchev–Trinajstić information content (AvgIpc) is 2.68. The third kappa shape index (κ3) is 3.37. The number of benzene rings is 1. The Balaban J connectivity index is 1.45. The maximum Gasteiger partial charge on any atom is 0.352 e. The molecule has 0 aromatic heterocycles. The summed E-state index contributed by atoms with van der Waals surface area (Å²) in [5.41, 5.74) is 0.618. The molecule has 1 fully saturated rings. The molecule has 1 saturated heterocycles. The average molecular weight is 429 g/mol. The van der Waals surface area contributed by atoms with Crippen LogP contribution in [0.5, 0.6) is 0 Å². The van der Waals surface area contributed by atoms with Gasteiger partial charge in [0.15, 0.2) is 0 Å². The van der Waals surface area contributed by atoms with Crippen molar-refractivity contribution in [1.82, 2.24) is 9.80 Å². The lowest BCUT2D eigenvalue weighted by atomic mass is 9.97. The largest absolute Gasteiger partial charge is 0.352 e. The van der Waals surface area contributed by atoms with E-state index in [2.05, 4.69) is 25.9 Å². The first kappa shape index (κ1) is 17.8. The summed E-state index contributed by atoms with van der Waals surface area (Å²) in [6.07, 6.45) is 6.01. The highest BCUT2D eigenvalue weighted by atomic mass is 79.9. The molecule has 3 aliphatic heterocycles. The fourth-order valence-electron chi connectivity index (χ4n) is 3.60. The number of hydrogen-bond acceptors (Lipinski definition) is 4. The number of rotatable bonds is 2. The zero-order valence-corrected chi connectivity index (χ0v) is 16.0. The van der Waals surface area contributed by atoms with E-state index >= 15 is 0 Å². The second-order valence-electron chi connectivity index (χ2n) is 6.64. The topological polar surface area (TPSA) is 82.4 Å². The van der Waals surface area contributed by atoms with Crippen LogP contribution in [0.4, 0.5) is 4.79 Å². The van der Waals surface area contributed by atoms with Crippen molar-refractivity contribution >= 4 is 45.8 Å². The van der Waals surface area contributed by atoms with Gasteiger partial charge in [0.25, 0.3) is 5.91 Å². The Morgan fingerprint density at radius 1 is 1.19 bits per heavy atom. The highest BCUT2D eigenvalue weighted by Gasteiger charge is 2.41. The zero-order chi connectivity index (χ0) is 19.0. The van der Waals surface area contributed by atoms with Crippen LogP contribution >= 0.6 is 15.9 Å². The summed E-state index contributed by atoms with van der Waals surface area (Å²) in [4.78, 5) is 48.8. The lowest BCUT2D eigenvalue weighted by Crippen LogP contribution is -2.54. The molecule has 1 aromatic rings. The van der Waals surface area contributed by atoms with E-state index in [1.54, 1.807) is 29.2 Å². The zero-order valence-electron chi connectivity index (χ0n) is 14.4. The summed E-state index contributed by atoms with van der Waals surface area (Å²) < 4.78 is 0.851. The van der Waals surface area contributed by atoms with Crippen molar-refractivity contribution in [3.05, 3.63) is 46.5 Å². The number of dihydropyridines is 1. The fourth-order valence-corrected chi connectivity index (χ4v) is 4.00. The number of amides is 4. The molecule has 0 spiro atoms. The number of imide groups is 1. The molecule has 0 bridgehead atoms. The van der Waals surface area contributed by atoms with Crippen LogP contribution in [0.1, 0.15) is 23.2 Å². The van der Waals surface area contributed by atoms with Crippen molar-refractivity contribution in [2.75, 3.05) is 13.1 Å². The number of aliphatic imine (C=N–C) groups is 2. The molecule has 4 amide bonds. The second kappa shape index (κ2) is 7.19. The van der Waals surface area contributed by atoms with Gasteiger partial charge in [0.1, 0.15) is 11.8 Å². The van der Waals surface area contributed by atoms with E-state index in [0.717, 1.165) is 4.47 Å². The van der Waals surface area contributed by atoms with Gasteiger partial charge in [-0.15, -0.1) is 0 Å². The quantitative estimate of drug-likeness (QED) is 0.725. The highest BCUT2D eigenvalue weighted by Crippen LogP contribution is 2.26. The summed E-state index contributed by atoms with van der Waals surface area (Å²) in [5.74, 6) is -0.661. The first-order valence-corrected chi connectivity index (χ1v) is 9.55. The summed E-state index contributed by atoms with van der Waals surface area (Å²) >= 11 is 3.38. The minimum absolute atomic E-state index is 0.0455. The Bertz CT molecular complexity index is 900. The smallest absolute Gasteiger partial charge is 0.338 e. The van der Waals surface area contributed by atoms with E-state index in [-0.39, 0.29) is 23.7 Å². The lowest BCUT2D eigenvalue weighted by Gasteiger charge is -2.39. The van der Waals surface area contributed by atoms with Gasteiger partial charge in [0.05, 0.1) is 0 Å². The molecule has 1 aromatic carbocycles. The van der Waals surface area contributed by atoms with Crippen LogP contribution in [-0.2, 0) is 4.79 Å². The van der Waals surface area contributed by atoms with E-state index < -0.39 is 11.9 Å². The molecule has 3 heterocycles. The monoisotopic (exact) mass is 428 g/mol. The maximum absolute atomic E-state index is 12.8. The number of piperidine rings is 1. The van der Waals surface area contributed by atoms with E-state index in [9.17, 15) is 14.4 Å². The summed E-state index contributed by atoms with van der Waals surface area (Å²) in [5, 5.41) is 0. The third-order valence-corrected chi connectivity index (χ3v) is 5.48. The predicted octanol–water partition coefficient (Wildman–Crippen LogP) is 2.67. The van der Waals surface area contributed by atoms with E-state index in [1.165, 1.54) is 11.1 Å². The van der Waals surface area contributed by atoms with Gasteiger partial charge < -0.3 is 4.90 Å². The van der Waals surface area contributed by atoms with E-state index in [0.29, 0.717) is 31.5 Å². The second-order valence-corrected chi connectivity index (χ2v) is 7.55. The van der Waals surface area contributed by atoms with Crippen LogP contribution in [-0.4, -0.2) is 58.8 Å². The Hall–Kier alpha value is -2.61. The van der Waals surface area contributed by atoms with Gasteiger partial charge in [-0.2, -0.15) is 4.99 Å². The molecule has 0 radical (unpaired) electrons. The number of likely N-dealkylation sites (tertiary alicyclic amines) is 1. The van der Waals surface area contributed by atoms with Crippen LogP contribution in [0.2, 0.25) is 0 Å². The molecular weight excluding hydrogens is 412 g/mol. The van der Waals surface area contributed by atoms with Gasteiger partial charge in [-0.05, 0) is 37.1 Å². The Morgan fingerprint density at radius 2 is 1.96 bits per heavy atom. The maximum atomic E-state index is 12.8. The number of urea groups is 1. The molecule has 1 atom stereocenters. The molecular formula is C19H17BrN4O3. The number of allylic oxidation sites excluding steroid dienone is 1. The van der Waals surface area contributed by atoms with Crippen LogP contribution in [0, 0.1) is 5.92 Å². The van der Waals surface area contributed by atoms with Crippen molar-refractivity contribution in [1.29, 1.82) is 0 Å². The van der Waals surface area contributed by atoms with E-state index in [1.807, 2.05) is 12.1 Å². The van der Waals surface area contributed by atoms with Crippen molar-refractivity contribution in [2.24, 2.45) is 15.9 Å². The summed E-state index contributed by atoms with van der Waals surface area (Å²) in [6.45, 7) is 0.977. The summed E-state index contributed by atoms with van der Waals surface area (Å²) in [6, 6.07) is 6.46. The third-order valence-electron chi connectivity index (χ3n) is 4.98. The first-order chi connectivity index (χ1) is 13.0. The normalized spacial score (nSPS) is 22.7. The number of halogens is 1. The van der Waals surface area contributed by atoms with Crippen LogP contribution in [0.3, 0.4) is 0 Å². The van der Waals surface area contributed by atoms with Gasteiger partial charge in [0, 0.05) is 35.4 Å². The standard InChI is InChI=1S/C19H17BrN4O3/c20-13-4-1-3-12(11-13)17(25)23-9-6-14(7-10-23)24-18(26)15-5-2-8-21-16(15)22-19(24)27/h1-5,8,11,14-15H,6-7,9-10H2. The fraction of sp³-hybridized carbons (Fsp3) is 0.316. The molecule has 3 aliphatic rings. The molecule has 7 nitrogen and oxygen atoms in total. The Morgan fingerprint density at radius 3 is 2.70 bits per heavy atom. The van der Waals surface area contributed by atoms with Crippen LogP contribution in [0.25, 0.3) is 0 Å². The van der Waals surface area contributed by atoms with Gasteiger partial charge in [-0.3, -0.25) is 14.5 Å². The number of fused-ring (bicyclic) bond motifs is 1. The van der Waals surface area contributed by atoms with E-state index in [4.69, 9.17) is 0 Å². The van der Waals surface area contributed by atoms with Gasteiger partial charge >= 0.3 is 6.03 Å². The molecule has 0 N–H and O–H groups in total. The van der Waals surface area contributed by atoms with Crippen molar-refractivity contribution in [3.63, 3.8) is 0 Å². The lowest BCUT2D eigenvalue weighted by molar-refractivity contribution is -0.131. The number of amidine groups is 1. The SMILES string of the molecule is O=C(c1cccc(Br)c1)N1CCC(N2C(=O)N=C3N=CC=CC3C2=O)CC1. The van der Waals surface area contributed by atoms with Crippen molar-refractivity contribution in [3.8, 4) is 0 Å². The molecule has 0 aliphatic carbocycles. The molecule has 4 rings (SSSR count).